The van der Waals surface area contributed by atoms with Gasteiger partial charge in [-0.1, -0.05) is 0 Å². The first-order valence-electron chi connectivity index (χ1n) is 5.95. The van der Waals surface area contributed by atoms with Crippen LogP contribution in [-0.2, 0) is 14.8 Å². The molecule has 0 fully saturated rings. The minimum atomic E-state index is -3.61. The number of hydrogen-bond acceptors (Lipinski definition) is 4. The molecule has 0 aliphatic rings. The van der Waals surface area contributed by atoms with Gasteiger partial charge in [0.15, 0.2) is 0 Å². The molecule has 1 aromatic carbocycles. The van der Waals surface area contributed by atoms with Crippen molar-refractivity contribution in [1.29, 1.82) is 0 Å². The highest BCUT2D eigenvalue weighted by molar-refractivity contribution is 9.10. The van der Waals surface area contributed by atoms with Crippen LogP contribution in [0.4, 0.5) is 5.69 Å². The number of halogens is 1. The standard InChI is InChI=1S/C12H18BrN3O3S/c1-8(7-14)16(3)20(18,19)10-4-5-12(11(13)6-10)15-9(2)17/h4-6,8H,7,14H2,1-3H3,(H,15,17). The minimum Gasteiger partial charge on any atom is -0.329 e. The molecule has 112 valence electrons. The van der Waals surface area contributed by atoms with Gasteiger partial charge in [-0.25, -0.2) is 8.42 Å². The van der Waals surface area contributed by atoms with Gasteiger partial charge >= 0.3 is 0 Å². The van der Waals surface area contributed by atoms with Crippen molar-refractivity contribution in [2.24, 2.45) is 5.73 Å². The molecule has 6 nitrogen and oxygen atoms in total. The van der Waals surface area contributed by atoms with Crippen LogP contribution in [0.3, 0.4) is 0 Å². The highest BCUT2D eigenvalue weighted by atomic mass is 79.9. The van der Waals surface area contributed by atoms with Crippen LogP contribution in [-0.4, -0.2) is 38.3 Å². The Labute approximate surface area is 127 Å². The molecule has 0 aliphatic carbocycles. The summed E-state index contributed by atoms with van der Waals surface area (Å²) in [4.78, 5) is 11.2. The summed E-state index contributed by atoms with van der Waals surface area (Å²) in [7, 11) is -2.12. The molecule has 1 amide bonds. The van der Waals surface area contributed by atoms with E-state index in [4.69, 9.17) is 5.73 Å². The summed E-state index contributed by atoms with van der Waals surface area (Å²) >= 11 is 3.25. The smallest absolute Gasteiger partial charge is 0.243 e. The van der Waals surface area contributed by atoms with E-state index >= 15 is 0 Å². The third-order valence-electron chi connectivity index (χ3n) is 2.89. The first kappa shape index (κ1) is 17.1. The first-order valence-corrected chi connectivity index (χ1v) is 8.18. The van der Waals surface area contributed by atoms with Crippen LogP contribution in [0.15, 0.2) is 27.6 Å². The molecular weight excluding hydrogens is 346 g/mol. The molecule has 1 rings (SSSR count). The fourth-order valence-electron chi connectivity index (χ4n) is 1.50. The number of sulfonamides is 1. The number of benzene rings is 1. The SMILES string of the molecule is CC(=O)Nc1ccc(S(=O)(=O)N(C)C(C)CN)cc1Br. The number of rotatable bonds is 5. The molecule has 0 aliphatic heterocycles. The minimum absolute atomic E-state index is 0.140. The molecule has 3 N–H and O–H groups in total. The van der Waals surface area contributed by atoms with Crippen LogP contribution in [0.2, 0.25) is 0 Å². The monoisotopic (exact) mass is 363 g/mol. The van der Waals surface area contributed by atoms with E-state index < -0.39 is 10.0 Å². The average Bonchev–Trinajstić information content (AvgIpc) is 2.38. The number of nitrogens with one attached hydrogen (secondary N) is 1. The topological polar surface area (TPSA) is 92.5 Å². The van der Waals surface area contributed by atoms with Gasteiger partial charge in [-0.15, -0.1) is 0 Å². The van der Waals surface area contributed by atoms with E-state index in [9.17, 15) is 13.2 Å². The Hall–Kier alpha value is -0.960. The summed E-state index contributed by atoms with van der Waals surface area (Å²) in [6.45, 7) is 3.35. The van der Waals surface area contributed by atoms with Gasteiger partial charge in [-0.05, 0) is 41.1 Å². The average molecular weight is 364 g/mol. The molecule has 20 heavy (non-hydrogen) atoms. The van der Waals surface area contributed by atoms with E-state index in [0.717, 1.165) is 0 Å². The van der Waals surface area contributed by atoms with Crippen LogP contribution in [0.5, 0.6) is 0 Å². The van der Waals surface area contributed by atoms with Gasteiger partial charge in [0.05, 0.1) is 10.6 Å². The van der Waals surface area contributed by atoms with Gasteiger partial charge in [-0.3, -0.25) is 4.79 Å². The number of likely N-dealkylation sites (N-methyl/N-ethyl adjacent to an activating group) is 1. The van der Waals surface area contributed by atoms with Crippen LogP contribution >= 0.6 is 15.9 Å². The molecule has 0 bridgehead atoms. The van der Waals surface area contributed by atoms with Crippen molar-refractivity contribution in [1.82, 2.24) is 4.31 Å². The van der Waals surface area contributed by atoms with Gasteiger partial charge in [0, 0.05) is 31.0 Å². The quantitative estimate of drug-likeness (QED) is 0.826. The number of anilines is 1. The normalized spacial score (nSPS) is 13.3. The van der Waals surface area contributed by atoms with E-state index in [1.165, 1.54) is 30.4 Å². The van der Waals surface area contributed by atoms with E-state index in [0.29, 0.717) is 10.2 Å². The number of amides is 1. The Morgan fingerprint density at radius 3 is 2.55 bits per heavy atom. The van der Waals surface area contributed by atoms with E-state index in [1.54, 1.807) is 13.0 Å². The summed E-state index contributed by atoms with van der Waals surface area (Å²) in [6, 6.07) is 4.15. The molecular formula is C12H18BrN3O3S. The Balaban J connectivity index is 3.15. The Morgan fingerprint density at radius 1 is 1.50 bits per heavy atom. The van der Waals surface area contributed by atoms with Crippen molar-refractivity contribution in [3.05, 3.63) is 22.7 Å². The van der Waals surface area contributed by atoms with Crippen LogP contribution in [0.1, 0.15) is 13.8 Å². The van der Waals surface area contributed by atoms with Crippen molar-refractivity contribution >= 4 is 37.5 Å². The fraction of sp³-hybridized carbons (Fsp3) is 0.417. The first-order chi connectivity index (χ1) is 9.20. The maximum absolute atomic E-state index is 12.4. The summed E-state index contributed by atoms with van der Waals surface area (Å²) in [5.74, 6) is -0.227. The number of nitrogens with zero attached hydrogens (tertiary/aromatic N) is 1. The van der Waals surface area contributed by atoms with Crippen LogP contribution in [0, 0.1) is 0 Å². The summed E-state index contributed by atoms with van der Waals surface area (Å²) < 4.78 is 26.5. The Kier molecular flexibility index (Phi) is 5.69. The largest absolute Gasteiger partial charge is 0.329 e. The van der Waals surface area contributed by atoms with E-state index in [2.05, 4.69) is 21.2 Å². The molecule has 1 unspecified atom stereocenters. The number of hydrogen-bond donors (Lipinski definition) is 2. The van der Waals surface area contributed by atoms with Crippen LogP contribution in [0.25, 0.3) is 0 Å². The van der Waals surface area contributed by atoms with E-state index in [-0.39, 0.29) is 23.4 Å². The molecule has 1 aromatic rings. The lowest BCUT2D eigenvalue weighted by molar-refractivity contribution is -0.114. The lowest BCUT2D eigenvalue weighted by Gasteiger charge is -2.23. The Morgan fingerprint density at radius 2 is 2.10 bits per heavy atom. The van der Waals surface area contributed by atoms with E-state index in [1.807, 2.05) is 0 Å². The van der Waals surface area contributed by atoms with Gasteiger partial charge in [0.1, 0.15) is 0 Å². The zero-order valence-electron chi connectivity index (χ0n) is 11.6. The summed E-state index contributed by atoms with van der Waals surface area (Å²) in [5, 5.41) is 2.60. The zero-order chi connectivity index (χ0) is 15.5. The molecule has 0 aromatic heterocycles. The maximum Gasteiger partial charge on any atom is 0.243 e. The third kappa shape index (κ3) is 3.78. The van der Waals surface area contributed by atoms with Crippen molar-refractivity contribution in [3.63, 3.8) is 0 Å². The Bertz CT molecular complexity index is 604. The predicted octanol–water partition coefficient (Wildman–Crippen LogP) is 1.38. The predicted molar refractivity (Wildman–Crippen MR) is 81.9 cm³/mol. The number of nitrogens with two attached hydrogens (primary N) is 1. The van der Waals surface area contributed by atoms with Gasteiger partial charge in [-0.2, -0.15) is 4.31 Å². The zero-order valence-corrected chi connectivity index (χ0v) is 14.0. The molecule has 1 atom stereocenters. The number of carbonyl (C=O) groups excluding carboxylic acids is 1. The molecule has 0 saturated heterocycles. The lowest BCUT2D eigenvalue weighted by Crippen LogP contribution is -2.39. The molecule has 0 radical (unpaired) electrons. The second-order valence-electron chi connectivity index (χ2n) is 4.43. The van der Waals surface area contributed by atoms with Crippen molar-refractivity contribution in [2.45, 2.75) is 24.8 Å². The van der Waals surface area contributed by atoms with Crippen molar-refractivity contribution in [3.8, 4) is 0 Å². The molecule has 0 saturated carbocycles. The van der Waals surface area contributed by atoms with Gasteiger partial charge in [0.25, 0.3) is 0 Å². The third-order valence-corrected chi connectivity index (χ3v) is 5.51. The molecule has 0 heterocycles. The second kappa shape index (κ2) is 6.66. The molecule has 0 spiro atoms. The van der Waals surface area contributed by atoms with Crippen molar-refractivity contribution in [2.75, 3.05) is 18.9 Å². The van der Waals surface area contributed by atoms with Crippen molar-refractivity contribution < 1.29 is 13.2 Å². The fourth-order valence-corrected chi connectivity index (χ4v) is 3.53. The highest BCUT2D eigenvalue weighted by Gasteiger charge is 2.25. The van der Waals surface area contributed by atoms with Gasteiger partial charge in [0.2, 0.25) is 15.9 Å². The summed E-state index contributed by atoms with van der Waals surface area (Å²) in [5.41, 5.74) is 6.01. The maximum atomic E-state index is 12.4. The van der Waals surface area contributed by atoms with Crippen LogP contribution < -0.4 is 11.1 Å². The summed E-state index contributed by atoms with van der Waals surface area (Å²) in [6.07, 6.45) is 0. The molecule has 8 heteroatoms. The highest BCUT2D eigenvalue weighted by Crippen LogP contribution is 2.27. The number of carbonyl (C=O) groups is 1. The second-order valence-corrected chi connectivity index (χ2v) is 7.28. The lowest BCUT2D eigenvalue weighted by atomic mass is 10.3. The van der Waals surface area contributed by atoms with Gasteiger partial charge < -0.3 is 11.1 Å².